The first-order chi connectivity index (χ1) is 4.86. The summed E-state index contributed by atoms with van der Waals surface area (Å²) in [6, 6.07) is 0. The van der Waals surface area contributed by atoms with Gasteiger partial charge in [0.1, 0.15) is 0 Å². The lowest BCUT2D eigenvalue weighted by Gasteiger charge is -2.14. The Kier molecular flexibility index (Phi) is 1.61. The van der Waals surface area contributed by atoms with E-state index in [-0.39, 0.29) is 0 Å². The molecular formula is C9H12S. The molecule has 1 unspecified atom stereocenters. The van der Waals surface area contributed by atoms with E-state index < -0.39 is 0 Å². The van der Waals surface area contributed by atoms with E-state index in [0.29, 0.717) is 0 Å². The first-order valence-corrected chi connectivity index (χ1v) is 4.85. The molecule has 1 saturated heterocycles. The Morgan fingerprint density at radius 3 is 3.30 bits per heavy atom. The molecule has 0 amide bonds. The molecule has 0 saturated carbocycles. The predicted molar refractivity (Wildman–Crippen MR) is 47.0 cm³/mol. The summed E-state index contributed by atoms with van der Waals surface area (Å²) in [6.45, 7) is 2.23. The average molecular weight is 152 g/mol. The van der Waals surface area contributed by atoms with E-state index in [0.717, 1.165) is 5.92 Å². The molecule has 0 radical (unpaired) electrons. The Balaban J connectivity index is 2.22. The Morgan fingerprint density at radius 1 is 1.50 bits per heavy atom. The Morgan fingerprint density at radius 2 is 2.40 bits per heavy atom. The van der Waals surface area contributed by atoms with Crippen molar-refractivity contribution in [2.75, 3.05) is 5.75 Å². The summed E-state index contributed by atoms with van der Waals surface area (Å²) < 4.78 is 0. The van der Waals surface area contributed by atoms with Gasteiger partial charge in [0.25, 0.3) is 0 Å². The van der Waals surface area contributed by atoms with Crippen molar-refractivity contribution in [1.29, 1.82) is 0 Å². The molecule has 0 aromatic rings. The maximum atomic E-state index is 2.31. The third-order valence-electron chi connectivity index (χ3n) is 2.24. The van der Waals surface area contributed by atoms with Crippen molar-refractivity contribution < 1.29 is 0 Å². The molecule has 1 aliphatic carbocycles. The molecule has 10 heavy (non-hydrogen) atoms. The minimum atomic E-state index is 0.898. The SMILES string of the molecule is CC1=CC=C2SCCC2C1. The van der Waals surface area contributed by atoms with Gasteiger partial charge in [0.05, 0.1) is 0 Å². The fourth-order valence-corrected chi connectivity index (χ4v) is 2.89. The fraction of sp³-hybridized carbons (Fsp3) is 0.556. The maximum Gasteiger partial charge on any atom is -0.00170 e. The summed E-state index contributed by atoms with van der Waals surface area (Å²) in [5.41, 5.74) is 1.55. The number of allylic oxidation sites excluding steroid dienone is 4. The Labute approximate surface area is 66.4 Å². The monoisotopic (exact) mass is 152 g/mol. The Bertz CT molecular complexity index is 201. The average Bonchev–Trinajstić information content (AvgIpc) is 2.33. The van der Waals surface area contributed by atoms with Gasteiger partial charge in [-0.3, -0.25) is 0 Å². The zero-order valence-corrected chi connectivity index (χ0v) is 7.08. The summed E-state index contributed by atoms with van der Waals surface area (Å²) in [4.78, 5) is 1.63. The minimum Gasteiger partial charge on any atom is -0.130 e. The van der Waals surface area contributed by atoms with Gasteiger partial charge in [0.2, 0.25) is 0 Å². The van der Waals surface area contributed by atoms with Crippen LogP contribution >= 0.6 is 11.8 Å². The van der Waals surface area contributed by atoms with E-state index in [2.05, 4.69) is 19.1 Å². The molecule has 0 spiro atoms. The summed E-state index contributed by atoms with van der Waals surface area (Å²) in [5.74, 6) is 2.24. The summed E-state index contributed by atoms with van der Waals surface area (Å²) >= 11 is 2.04. The highest BCUT2D eigenvalue weighted by Crippen LogP contribution is 2.41. The standard InChI is InChI=1S/C9H12S/c1-7-2-3-9-8(6-7)4-5-10-9/h2-3,8H,4-6H2,1H3. The van der Waals surface area contributed by atoms with Crippen LogP contribution < -0.4 is 0 Å². The minimum absolute atomic E-state index is 0.898. The van der Waals surface area contributed by atoms with Gasteiger partial charge in [-0.25, -0.2) is 0 Å². The summed E-state index contributed by atoms with van der Waals surface area (Å²) in [7, 11) is 0. The van der Waals surface area contributed by atoms with Gasteiger partial charge >= 0.3 is 0 Å². The van der Waals surface area contributed by atoms with Crippen LogP contribution in [0.2, 0.25) is 0 Å². The van der Waals surface area contributed by atoms with Crippen molar-refractivity contribution in [1.82, 2.24) is 0 Å². The molecule has 1 heteroatoms. The number of fused-ring (bicyclic) bond motifs is 1. The van der Waals surface area contributed by atoms with Crippen molar-refractivity contribution in [3.8, 4) is 0 Å². The van der Waals surface area contributed by atoms with Gasteiger partial charge in [-0.15, -0.1) is 11.8 Å². The second kappa shape index (κ2) is 2.46. The highest BCUT2D eigenvalue weighted by Gasteiger charge is 2.22. The molecule has 1 heterocycles. The highest BCUT2D eigenvalue weighted by atomic mass is 32.2. The lowest BCUT2D eigenvalue weighted by molar-refractivity contribution is 0.627. The predicted octanol–water partition coefficient (Wildman–Crippen LogP) is 2.97. The van der Waals surface area contributed by atoms with Crippen LogP contribution in [0.1, 0.15) is 19.8 Å². The van der Waals surface area contributed by atoms with Gasteiger partial charge in [0, 0.05) is 0 Å². The number of thioether (sulfide) groups is 1. The lowest BCUT2D eigenvalue weighted by atomic mass is 9.93. The van der Waals surface area contributed by atoms with Crippen LogP contribution in [0.3, 0.4) is 0 Å². The molecule has 0 bridgehead atoms. The molecule has 1 fully saturated rings. The van der Waals surface area contributed by atoms with Crippen LogP contribution in [0.4, 0.5) is 0 Å². The highest BCUT2D eigenvalue weighted by molar-refractivity contribution is 8.03. The van der Waals surface area contributed by atoms with Crippen LogP contribution in [0.25, 0.3) is 0 Å². The van der Waals surface area contributed by atoms with Crippen LogP contribution in [0.15, 0.2) is 22.6 Å². The van der Waals surface area contributed by atoms with E-state index in [4.69, 9.17) is 0 Å². The van der Waals surface area contributed by atoms with Crippen LogP contribution in [-0.2, 0) is 0 Å². The van der Waals surface area contributed by atoms with Crippen LogP contribution in [-0.4, -0.2) is 5.75 Å². The van der Waals surface area contributed by atoms with Gasteiger partial charge < -0.3 is 0 Å². The van der Waals surface area contributed by atoms with E-state index >= 15 is 0 Å². The number of rotatable bonds is 0. The third-order valence-corrected chi connectivity index (χ3v) is 3.48. The normalized spacial score (nSPS) is 31.1. The van der Waals surface area contributed by atoms with Gasteiger partial charge in [0.15, 0.2) is 0 Å². The van der Waals surface area contributed by atoms with Crippen molar-refractivity contribution in [2.45, 2.75) is 19.8 Å². The first kappa shape index (κ1) is 6.53. The van der Waals surface area contributed by atoms with E-state index in [1.165, 1.54) is 18.6 Å². The van der Waals surface area contributed by atoms with Gasteiger partial charge in [-0.1, -0.05) is 17.7 Å². The lowest BCUT2D eigenvalue weighted by Crippen LogP contribution is -2.00. The zero-order valence-electron chi connectivity index (χ0n) is 6.26. The molecule has 54 valence electrons. The molecule has 1 atom stereocenters. The largest absolute Gasteiger partial charge is 0.130 e. The Hall–Kier alpha value is -0.170. The van der Waals surface area contributed by atoms with Crippen molar-refractivity contribution >= 4 is 11.8 Å². The van der Waals surface area contributed by atoms with Crippen molar-refractivity contribution in [2.24, 2.45) is 5.92 Å². The van der Waals surface area contributed by atoms with Gasteiger partial charge in [-0.05, 0) is 36.3 Å². The zero-order chi connectivity index (χ0) is 6.97. The number of hydrogen-bond donors (Lipinski definition) is 0. The van der Waals surface area contributed by atoms with Crippen molar-refractivity contribution in [3.05, 3.63) is 22.6 Å². The summed E-state index contributed by atoms with van der Waals surface area (Å²) in [5, 5.41) is 0. The molecular weight excluding hydrogens is 140 g/mol. The van der Waals surface area contributed by atoms with Crippen LogP contribution in [0, 0.1) is 5.92 Å². The third kappa shape index (κ3) is 1.03. The number of hydrogen-bond acceptors (Lipinski definition) is 1. The second-order valence-electron chi connectivity index (χ2n) is 3.12. The van der Waals surface area contributed by atoms with Crippen molar-refractivity contribution in [3.63, 3.8) is 0 Å². The smallest absolute Gasteiger partial charge is 0.00170 e. The molecule has 0 aromatic carbocycles. The van der Waals surface area contributed by atoms with E-state index in [9.17, 15) is 0 Å². The summed E-state index contributed by atoms with van der Waals surface area (Å²) in [6.07, 6.45) is 7.30. The first-order valence-electron chi connectivity index (χ1n) is 3.86. The molecule has 0 nitrogen and oxygen atoms in total. The maximum absolute atomic E-state index is 2.31. The molecule has 2 aliphatic rings. The quantitative estimate of drug-likeness (QED) is 0.514. The topological polar surface area (TPSA) is 0 Å². The fourth-order valence-electron chi connectivity index (χ4n) is 1.65. The van der Waals surface area contributed by atoms with E-state index in [1.54, 1.807) is 10.5 Å². The molecule has 0 aromatic heterocycles. The molecule has 0 N–H and O–H groups in total. The van der Waals surface area contributed by atoms with Crippen LogP contribution in [0.5, 0.6) is 0 Å². The second-order valence-corrected chi connectivity index (χ2v) is 4.29. The molecule has 1 aliphatic heterocycles. The van der Waals surface area contributed by atoms with Gasteiger partial charge in [-0.2, -0.15) is 0 Å². The molecule has 2 rings (SSSR count). The van der Waals surface area contributed by atoms with E-state index in [1.807, 2.05) is 11.8 Å².